The molecule has 0 radical (unpaired) electrons. The maximum atomic E-state index is 12.4. The van der Waals surface area contributed by atoms with Crippen LogP contribution in [0, 0.1) is 24.2 Å². The van der Waals surface area contributed by atoms with Crippen LogP contribution in [0.2, 0.25) is 0 Å². The van der Waals surface area contributed by atoms with Crippen LogP contribution in [0.15, 0.2) is 12.4 Å². The van der Waals surface area contributed by atoms with Crippen molar-refractivity contribution in [2.75, 3.05) is 18.0 Å². The molecule has 9 nitrogen and oxygen atoms in total. The van der Waals surface area contributed by atoms with Crippen LogP contribution in [0.25, 0.3) is 0 Å². The third-order valence-corrected chi connectivity index (χ3v) is 4.95. The fourth-order valence-electron chi connectivity index (χ4n) is 3.34. The van der Waals surface area contributed by atoms with E-state index in [0.29, 0.717) is 23.0 Å². The zero-order valence-electron chi connectivity index (χ0n) is 15.2. The van der Waals surface area contributed by atoms with E-state index >= 15 is 0 Å². The summed E-state index contributed by atoms with van der Waals surface area (Å²) in [6.45, 7) is 7.43. The van der Waals surface area contributed by atoms with Crippen molar-refractivity contribution in [1.29, 1.82) is 5.26 Å². The number of aromatic amines is 1. The van der Waals surface area contributed by atoms with Crippen molar-refractivity contribution in [3.05, 3.63) is 29.5 Å². The van der Waals surface area contributed by atoms with Crippen LogP contribution in [0.3, 0.4) is 0 Å². The van der Waals surface area contributed by atoms with Crippen molar-refractivity contribution >= 4 is 11.7 Å². The highest BCUT2D eigenvalue weighted by atomic mass is 16.2. The van der Waals surface area contributed by atoms with Gasteiger partial charge in [-0.3, -0.25) is 9.78 Å². The van der Waals surface area contributed by atoms with Crippen molar-refractivity contribution in [2.24, 2.45) is 5.92 Å². The molecule has 3 heterocycles. The largest absolute Gasteiger partial charge is 0.355 e. The predicted octanol–water partition coefficient (Wildman–Crippen LogP) is 1.20. The number of carbonyl (C=O) groups excluding carboxylic acids is 1. The van der Waals surface area contributed by atoms with Gasteiger partial charge in [-0.1, -0.05) is 0 Å². The summed E-state index contributed by atoms with van der Waals surface area (Å²) in [7, 11) is 0. The van der Waals surface area contributed by atoms with E-state index in [-0.39, 0.29) is 11.4 Å². The standard InChI is InChI=1S/C17H22N8O/c1-11-15(23-24-22-11)16(26)21-17(2,3)12-4-6-25(7-5-12)14-10-19-9-13(8-18)20-14/h9-10,12H,4-7H2,1-3H3,(H,21,26)(H,22,23,24). The minimum absolute atomic E-state index is 0.212. The van der Waals surface area contributed by atoms with Crippen LogP contribution in [-0.2, 0) is 0 Å². The molecule has 1 amide bonds. The molecular weight excluding hydrogens is 332 g/mol. The van der Waals surface area contributed by atoms with Gasteiger partial charge in [0.2, 0.25) is 0 Å². The number of nitrogens with zero attached hydrogens (tertiary/aromatic N) is 6. The van der Waals surface area contributed by atoms with Crippen LogP contribution in [0.1, 0.15) is 48.6 Å². The Morgan fingerprint density at radius 1 is 1.35 bits per heavy atom. The molecule has 2 N–H and O–H groups in total. The van der Waals surface area contributed by atoms with Crippen molar-refractivity contribution in [3.8, 4) is 6.07 Å². The zero-order chi connectivity index (χ0) is 18.7. The number of nitriles is 1. The lowest BCUT2D eigenvalue weighted by Gasteiger charge is -2.41. The van der Waals surface area contributed by atoms with Crippen LogP contribution in [0.4, 0.5) is 5.82 Å². The molecule has 1 saturated heterocycles. The Kier molecular flexibility index (Phi) is 4.84. The SMILES string of the molecule is Cc1n[nH]nc1C(=O)NC(C)(C)C1CCN(c2cncc(C#N)n2)CC1. The van der Waals surface area contributed by atoms with Crippen molar-refractivity contribution in [3.63, 3.8) is 0 Å². The molecule has 26 heavy (non-hydrogen) atoms. The Morgan fingerprint density at radius 2 is 2.08 bits per heavy atom. The lowest BCUT2D eigenvalue weighted by Crippen LogP contribution is -2.52. The molecule has 3 rings (SSSR count). The van der Waals surface area contributed by atoms with Crippen molar-refractivity contribution in [2.45, 2.75) is 39.2 Å². The molecule has 0 aliphatic carbocycles. The van der Waals surface area contributed by atoms with Gasteiger partial charge in [0.1, 0.15) is 11.9 Å². The van der Waals surface area contributed by atoms with Crippen LogP contribution in [0.5, 0.6) is 0 Å². The summed E-state index contributed by atoms with van der Waals surface area (Å²) in [5.41, 5.74) is 0.873. The minimum atomic E-state index is -0.366. The highest BCUT2D eigenvalue weighted by molar-refractivity contribution is 5.93. The fraction of sp³-hybridized carbons (Fsp3) is 0.529. The molecule has 0 atom stereocenters. The second-order valence-corrected chi connectivity index (χ2v) is 7.07. The van der Waals surface area contributed by atoms with E-state index in [1.54, 1.807) is 13.1 Å². The van der Waals surface area contributed by atoms with E-state index in [0.717, 1.165) is 31.7 Å². The first-order valence-corrected chi connectivity index (χ1v) is 8.57. The number of amides is 1. The number of carbonyl (C=O) groups is 1. The van der Waals surface area contributed by atoms with Crippen molar-refractivity contribution < 1.29 is 4.79 Å². The molecule has 136 valence electrons. The molecular formula is C17H22N8O. The molecule has 2 aromatic rings. The molecule has 0 aromatic carbocycles. The maximum absolute atomic E-state index is 12.4. The molecule has 1 aliphatic rings. The monoisotopic (exact) mass is 354 g/mol. The van der Waals surface area contributed by atoms with Gasteiger partial charge in [0.15, 0.2) is 11.4 Å². The highest BCUT2D eigenvalue weighted by Crippen LogP contribution is 2.30. The first-order valence-electron chi connectivity index (χ1n) is 8.57. The second-order valence-electron chi connectivity index (χ2n) is 7.07. The molecule has 1 fully saturated rings. The summed E-state index contributed by atoms with van der Waals surface area (Å²) in [6.07, 6.45) is 4.95. The maximum Gasteiger partial charge on any atom is 0.274 e. The topological polar surface area (TPSA) is 123 Å². The van der Waals surface area contributed by atoms with Gasteiger partial charge in [0.25, 0.3) is 5.91 Å². The number of hydrogen-bond donors (Lipinski definition) is 2. The molecule has 0 bridgehead atoms. The van der Waals surface area contributed by atoms with Crippen LogP contribution < -0.4 is 10.2 Å². The van der Waals surface area contributed by atoms with Gasteiger partial charge in [-0.2, -0.15) is 20.7 Å². The zero-order valence-corrected chi connectivity index (χ0v) is 15.2. The number of aromatic nitrogens is 5. The number of rotatable bonds is 4. The van der Waals surface area contributed by atoms with Gasteiger partial charge in [0, 0.05) is 18.6 Å². The summed E-state index contributed by atoms with van der Waals surface area (Å²) >= 11 is 0. The van der Waals surface area contributed by atoms with E-state index in [1.165, 1.54) is 6.20 Å². The minimum Gasteiger partial charge on any atom is -0.355 e. The number of H-pyrrole nitrogens is 1. The first kappa shape index (κ1) is 17.8. The van der Waals surface area contributed by atoms with Gasteiger partial charge in [-0.25, -0.2) is 4.98 Å². The van der Waals surface area contributed by atoms with Crippen molar-refractivity contribution in [1.82, 2.24) is 30.7 Å². The summed E-state index contributed by atoms with van der Waals surface area (Å²) in [5.74, 6) is 0.834. The Balaban J connectivity index is 1.62. The Labute approximate surface area is 151 Å². The highest BCUT2D eigenvalue weighted by Gasteiger charge is 2.35. The molecule has 0 spiro atoms. The number of anilines is 1. The third-order valence-electron chi connectivity index (χ3n) is 4.95. The quantitative estimate of drug-likeness (QED) is 0.845. The molecule has 1 aliphatic heterocycles. The first-order chi connectivity index (χ1) is 12.4. The Bertz CT molecular complexity index is 829. The van der Waals surface area contributed by atoms with Crippen LogP contribution >= 0.6 is 0 Å². The predicted molar refractivity (Wildman–Crippen MR) is 94.3 cm³/mol. The van der Waals surface area contributed by atoms with Gasteiger partial charge in [0.05, 0.1) is 18.1 Å². The molecule has 9 heteroatoms. The molecule has 0 unspecified atom stereocenters. The van der Waals surface area contributed by atoms with Gasteiger partial charge in [-0.15, -0.1) is 0 Å². The second kappa shape index (κ2) is 7.07. The van der Waals surface area contributed by atoms with E-state index in [1.807, 2.05) is 19.9 Å². The smallest absolute Gasteiger partial charge is 0.274 e. The summed E-state index contributed by atoms with van der Waals surface area (Å²) in [6, 6.07) is 2.02. The van der Waals surface area contributed by atoms with Gasteiger partial charge >= 0.3 is 0 Å². The summed E-state index contributed by atoms with van der Waals surface area (Å²) in [5, 5.41) is 22.3. The average Bonchev–Trinajstić information content (AvgIpc) is 3.08. The average molecular weight is 354 g/mol. The third kappa shape index (κ3) is 3.64. The Hall–Kier alpha value is -3.02. The number of aryl methyl sites for hydroxylation is 1. The normalized spacial score (nSPS) is 15.5. The summed E-state index contributed by atoms with van der Waals surface area (Å²) < 4.78 is 0. The molecule has 0 saturated carbocycles. The lowest BCUT2D eigenvalue weighted by molar-refractivity contribution is 0.0861. The van der Waals surface area contributed by atoms with Crippen LogP contribution in [-0.4, -0.2) is 49.9 Å². The van der Waals surface area contributed by atoms with Gasteiger partial charge in [-0.05, 0) is 39.5 Å². The van der Waals surface area contributed by atoms with E-state index < -0.39 is 0 Å². The summed E-state index contributed by atoms with van der Waals surface area (Å²) in [4.78, 5) is 23.0. The molecule has 2 aromatic heterocycles. The van der Waals surface area contributed by atoms with E-state index in [9.17, 15) is 4.79 Å². The number of piperidine rings is 1. The number of hydrogen-bond acceptors (Lipinski definition) is 7. The fourth-order valence-corrected chi connectivity index (χ4v) is 3.34. The number of nitrogens with one attached hydrogen (secondary N) is 2. The van der Waals surface area contributed by atoms with Gasteiger partial charge < -0.3 is 10.2 Å². The lowest BCUT2D eigenvalue weighted by atomic mass is 9.80. The van der Waals surface area contributed by atoms with E-state index in [4.69, 9.17) is 5.26 Å². The van der Waals surface area contributed by atoms with E-state index in [2.05, 4.69) is 35.6 Å². The Morgan fingerprint density at radius 3 is 2.69 bits per heavy atom.